The second kappa shape index (κ2) is 4.70. The molecular formula is C10H10N4O4. The molecule has 0 spiro atoms. The first-order valence-electron chi connectivity index (χ1n) is 5.08. The maximum Gasteiger partial charge on any atom is 0.307 e. The number of rotatable bonds is 4. The maximum absolute atomic E-state index is 11.3. The van der Waals surface area contributed by atoms with Crippen molar-refractivity contribution in [1.29, 1.82) is 0 Å². The third-order valence-corrected chi connectivity index (χ3v) is 2.26. The first-order valence-corrected chi connectivity index (χ1v) is 5.08. The minimum atomic E-state index is -0.526. The first-order chi connectivity index (χ1) is 8.60. The molecule has 2 aromatic heterocycles. The van der Waals surface area contributed by atoms with E-state index in [-0.39, 0.29) is 23.9 Å². The van der Waals surface area contributed by atoms with Crippen molar-refractivity contribution >= 4 is 11.6 Å². The number of amides is 1. The summed E-state index contributed by atoms with van der Waals surface area (Å²) in [4.78, 5) is 21.2. The van der Waals surface area contributed by atoms with Gasteiger partial charge in [-0.25, -0.2) is 0 Å². The highest BCUT2D eigenvalue weighted by atomic mass is 16.6. The van der Waals surface area contributed by atoms with Gasteiger partial charge in [0.1, 0.15) is 18.2 Å². The van der Waals surface area contributed by atoms with Crippen molar-refractivity contribution in [3.05, 3.63) is 46.2 Å². The molecule has 0 fully saturated rings. The third kappa shape index (κ3) is 2.37. The lowest BCUT2D eigenvalue weighted by Crippen LogP contribution is -2.16. The quantitative estimate of drug-likeness (QED) is 0.638. The number of nitrogens with zero attached hydrogens (tertiary/aromatic N) is 3. The van der Waals surface area contributed by atoms with Crippen LogP contribution in [0.4, 0.5) is 5.69 Å². The topological polar surface area (TPSA) is 103 Å². The molecule has 0 aliphatic rings. The third-order valence-electron chi connectivity index (χ3n) is 2.26. The summed E-state index contributed by atoms with van der Waals surface area (Å²) in [5.41, 5.74) is -0.0897. The SMILES string of the molecule is CNC(=O)c1ccc(Cn2cc([N+](=O)[O-])cn2)o1. The summed E-state index contributed by atoms with van der Waals surface area (Å²) in [5.74, 6) is 0.355. The van der Waals surface area contributed by atoms with E-state index in [0.29, 0.717) is 5.76 Å². The predicted molar refractivity (Wildman–Crippen MR) is 60.1 cm³/mol. The van der Waals surface area contributed by atoms with E-state index in [1.54, 1.807) is 6.07 Å². The fourth-order valence-corrected chi connectivity index (χ4v) is 1.40. The number of nitrogens with one attached hydrogen (secondary N) is 1. The molecule has 0 atom stereocenters. The van der Waals surface area contributed by atoms with Crippen LogP contribution in [0.15, 0.2) is 28.9 Å². The van der Waals surface area contributed by atoms with Crippen molar-refractivity contribution in [2.45, 2.75) is 6.54 Å². The van der Waals surface area contributed by atoms with Gasteiger partial charge in [0.25, 0.3) is 5.91 Å². The number of carbonyl (C=O) groups excluding carboxylic acids is 1. The van der Waals surface area contributed by atoms with Gasteiger partial charge >= 0.3 is 5.69 Å². The van der Waals surface area contributed by atoms with Gasteiger partial charge in [-0.15, -0.1) is 0 Å². The molecule has 1 amide bonds. The predicted octanol–water partition coefficient (Wildman–Crippen LogP) is 0.792. The molecule has 18 heavy (non-hydrogen) atoms. The van der Waals surface area contributed by atoms with Gasteiger partial charge in [-0.1, -0.05) is 0 Å². The molecule has 2 rings (SSSR count). The Bertz CT molecular complexity index is 586. The van der Waals surface area contributed by atoms with Crippen LogP contribution in [-0.2, 0) is 6.54 Å². The summed E-state index contributed by atoms with van der Waals surface area (Å²) in [7, 11) is 1.50. The van der Waals surface area contributed by atoms with Crippen LogP contribution >= 0.6 is 0 Å². The van der Waals surface area contributed by atoms with Gasteiger partial charge in [0.05, 0.1) is 11.5 Å². The number of hydrogen-bond donors (Lipinski definition) is 1. The fourth-order valence-electron chi connectivity index (χ4n) is 1.40. The zero-order valence-electron chi connectivity index (χ0n) is 9.49. The summed E-state index contributed by atoms with van der Waals surface area (Å²) in [6.45, 7) is 0.227. The Labute approximate surface area is 101 Å². The Morgan fingerprint density at radius 1 is 1.61 bits per heavy atom. The lowest BCUT2D eigenvalue weighted by Gasteiger charge is -1.97. The zero-order chi connectivity index (χ0) is 13.1. The van der Waals surface area contributed by atoms with Crippen LogP contribution in [-0.4, -0.2) is 27.7 Å². The normalized spacial score (nSPS) is 10.3. The van der Waals surface area contributed by atoms with Gasteiger partial charge in [0.2, 0.25) is 0 Å². The molecule has 0 saturated heterocycles. The summed E-state index contributed by atoms with van der Waals surface area (Å²) in [5, 5.41) is 16.7. The number of hydrogen-bond acceptors (Lipinski definition) is 5. The summed E-state index contributed by atoms with van der Waals surface area (Å²) < 4.78 is 6.63. The highest BCUT2D eigenvalue weighted by Gasteiger charge is 2.12. The van der Waals surface area contributed by atoms with E-state index in [0.717, 1.165) is 6.20 Å². The first kappa shape index (κ1) is 11.8. The van der Waals surface area contributed by atoms with E-state index in [4.69, 9.17) is 4.42 Å². The maximum atomic E-state index is 11.3. The molecule has 8 nitrogen and oxygen atoms in total. The Kier molecular flexibility index (Phi) is 3.09. The van der Waals surface area contributed by atoms with Crippen molar-refractivity contribution in [1.82, 2.24) is 15.1 Å². The number of carbonyl (C=O) groups is 1. The Morgan fingerprint density at radius 2 is 2.39 bits per heavy atom. The minimum Gasteiger partial charge on any atom is -0.454 e. The molecule has 0 unspecified atom stereocenters. The van der Waals surface area contributed by atoms with E-state index in [9.17, 15) is 14.9 Å². The summed E-state index contributed by atoms with van der Waals surface area (Å²) >= 11 is 0. The average molecular weight is 250 g/mol. The van der Waals surface area contributed by atoms with Crippen LogP contribution in [0, 0.1) is 10.1 Å². The summed E-state index contributed by atoms with van der Waals surface area (Å²) in [6.07, 6.45) is 2.45. The molecule has 0 saturated carbocycles. The van der Waals surface area contributed by atoms with Gasteiger partial charge < -0.3 is 9.73 Å². The van der Waals surface area contributed by atoms with Gasteiger partial charge in [-0.2, -0.15) is 5.10 Å². The van der Waals surface area contributed by atoms with E-state index < -0.39 is 4.92 Å². The monoisotopic (exact) mass is 250 g/mol. The van der Waals surface area contributed by atoms with E-state index >= 15 is 0 Å². The van der Waals surface area contributed by atoms with Crippen LogP contribution < -0.4 is 5.32 Å². The molecule has 1 N–H and O–H groups in total. The molecule has 2 heterocycles. The Balaban J connectivity index is 2.11. The minimum absolute atomic E-state index is 0.0897. The highest BCUT2D eigenvalue weighted by molar-refractivity contribution is 5.91. The second-order valence-electron chi connectivity index (χ2n) is 3.50. The molecule has 0 aromatic carbocycles. The zero-order valence-corrected chi connectivity index (χ0v) is 9.49. The van der Waals surface area contributed by atoms with Gasteiger partial charge in [0.15, 0.2) is 5.76 Å². The molecule has 2 aromatic rings. The molecular weight excluding hydrogens is 240 g/mol. The van der Waals surface area contributed by atoms with E-state index in [1.807, 2.05) is 0 Å². The van der Waals surface area contributed by atoms with Gasteiger partial charge in [0, 0.05) is 7.05 Å². The second-order valence-corrected chi connectivity index (χ2v) is 3.50. The van der Waals surface area contributed by atoms with Crippen LogP contribution in [0.1, 0.15) is 16.3 Å². The van der Waals surface area contributed by atoms with Crippen LogP contribution in [0.25, 0.3) is 0 Å². The van der Waals surface area contributed by atoms with E-state index in [2.05, 4.69) is 10.4 Å². The van der Waals surface area contributed by atoms with Crippen molar-refractivity contribution in [2.75, 3.05) is 7.05 Å². The molecule has 0 radical (unpaired) electrons. The fraction of sp³-hybridized carbons (Fsp3) is 0.200. The average Bonchev–Trinajstić information content (AvgIpc) is 2.98. The van der Waals surface area contributed by atoms with Gasteiger partial charge in [-0.05, 0) is 12.1 Å². The number of nitro groups is 1. The molecule has 0 bridgehead atoms. The van der Waals surface area contributed by atoms with Crippen molar-refractivity contribution in [3.8, 4) is 0 Å². The Morgan fingerprint density at radius 3 is 3.00 bits per heavy atom. The lowest BCUT2D eigenvalue weighted by atomic mass is 10.4. The molecule has 0 aliphatic carbocycles. The van der Waals surface area contributed by atoms with Crippen LogP contribution in [0.3, 0.4) is 0 Å². The number of furan rings is 1. The van der Waals surface area contributed by atoms with Crippen LogP contribution in [0.5, 0.6) is 0 Å². The molecule has 8 heteroatoms. The van der Waals surface area contributed by atoms with Gasteiger partial charge in [-0.3, -0.25) is 19.6 Å². The largest absolute Gasteiger partial charge is 0.454 e. The highest BCUT2D eigenvalue weighted by Crippen LogP contribution is 2.12. The number of aromatic nitrogens is 2. The van der Waals surface area contributed by atoms with E-state index in [1.165, 1.54) is 24.0 Å². The standard InChI is InChI=1S/C10H10N4O4/c1-11-10(15)9-3-2-8(18-9)6-13-5-7(4-12-13)14(16)17/h2-5H,6H2,1H3,(H,11,15). The smallest absolute Gasteiger partial charge is 0.307 e. The molecule has 0 aliphatic heterocycles. The molecule has 94 valence electrons. The Hall–Kier alpha value is -2.64. The van der Waals surface area contributed by atoms with Crippen molar-refractivity contribution in [2.24, 2.45) is 0 Å². The van der Waals surface area contributed by atoms with Crippen molar-refractivity contribution < 1.29 is 14.1 Å². The lowest BCUT2D eigenvalue weighted by molar-refractivity contribution is -0.385. The van der Waals surface area contributed by atoms with Crippen molar-refractivity contribution in [3.63, 3.8) is 0 Å². The van der Waals surface area contributed by atoms with Crippen LogP contribution in [0.2, 0.25) is 0 Å². The summed E-state index contributed by atoms with van der Waals surface area (Å²) in [6, 6.07) is 3.16.